The summed E-state index contributed by atoms with van der Waals surface area (Å²) >= 11 is 0. The number of rotatable bonds is 4. The van der Waals surface area contributed by atoms with Gasteiger partial charge in [-0.15, -0.1) is 0 Å². The summed E-state index contributed by atoms with van der Waals surface area (Å²) in [5.41, 5.74) is 0.467. The van der Waals surface area contributed by atoms with Crippen molar-refractivity contribution in [1.82, 2.24) is 20.4 Å². The largest absolute Gasteiger partial charge is 0.479 e. The zero-order chi connectivity index (χ0) is 14.0. The lowest BCUT2D eigenvalue weighted by Gasteiger charge is -2.19. The van der Waals surface area contributed by atoms with E-state index in [9.17, 15) is 14.7 Å². The Morgan fingerprint density at radius 2 is 2.37 bits per heavy atom. The van der Waals surface area contributed by atoms with Gasteiger partial charge >= 0.3 is 5.97 Å². The monoisotopic (exact) mass is 266 g/mol. The fourth-order valence-electron chi connectivity index (χ4n) is 2.29. The number of carbonyl (C=O) groups excluding carboxylic acids is 1. The smallest absolute Gasteiger partial charge is 0.331 e. The molecule has 1 aliphatic heterocycles. The van der Waals surface area contributed by atoms with Gasteiger partial charge in [0.25, 0.3) is 0 Å². The van der Waals surface area contributed by atoms with Crippen molar-refractivity contribution >= 4 is 11.9 Å². The van der Waals surface area contributed by atoms with E-state index in [1.165, 1.54) is 10.9 Å². The maximum absolute atomic E-state index is 12.1. The summed E-state index contributed by atoms with van der Waals surface area (Å²) in [6.45, 7) is 2.76. The summed E-state index contributed by atoms with van der Waals surface area (Å²) < 4.78 is 1.51. The summed E-state index contributed by atoms with van der Waals surface area (Å²) in [6.07, 6.45) is 3.96. The number of aliphatic carboxylic acids is 1. The van der Waals surface area contributed by atoms with Crippen LogP contribution in [0.4, 0.5) is 0 Å². The minimum atomic E-state index is -1.09. The molecule has 1 saturated heterocycles. The molecule has 1 aliphatic rings. The highest BCUT2D eigenvalue weighted by atomic mass is 16.4. The predicted molar refractivity (Wildman–Crippen MR) is 67.3 cm³/mol. The average Bonchev–Trinajstić information content (AvgIpc) is 2.94. The van der Waals surface area contributed by atoms with Crippen molar-refractivity contribution in [2.24, 2.45) is 13.0 Å². The van der Waals surface area contributed by atoms with Gasteiger partial charge < -0.3 is 15.7 Å². The Morgan fingerprint density at radius 3 is 2.84 bits per heavy atom. The topological polar surface area (TPSA) is 96.2 Å². The van der Waals surface area contributed by atoms with Gasteiger partial charge in [-0.25, -0.2) is 4.79 Å². The van der Waals surface area contributed by atoms with Crippen molar-refractivity contribution in [1.29, 1.82) is 0 Å². The molecule has 1 amide bonds. The highest BCUT2D eigenvalue weighted by Crippen LogP contribution is 2.17. The molecule has 1 aromatic heterocycles. The first-order valence-electron chi connectivity index (χ1n) is 6.24. The van der Waals surface area contributed by atoms with Gasteiger partial charge in [0.05, 0.1) is 12.2 Å². The molecule has 1 aromatic rings. The van der Waals surface area contributed by atoms with E-state index in [1.807, 2.05) is 6.92 Å². The van der Waals surface area contributed by atoms with Crippen LogP contribution in [-0.4, -0.2) is 39.4 Å². The zero-order valence-electron chi connectivity index (χ0n) is 11.0. The predicted octanol–water partition coefficient (Wildman–Crippen LogP) is -0.340. The molecule has 2 heterocycles. The second-order valence-corrected chi connectivity index (χ2v) is 4.92. The van der Waals surface area contributed by atoms with Gasteiger partial charge in [0, 0.05) is 18.8 Å². The molecule has 1 fully saturated rings. The SMILES string of the molecule is CC1CCNC1C(=O)NC(C(=O)O)c1cnn(C)c1. The summed E-state index contributed by atoms with van der Waals surface area (Å²) in [5.74, 6) is -1.16. The number of carbonyl (C=O) groups is 2. The van der Waals surface area contributed by atoms with Crippen molar-refractivity contribution in [3.05, 3.63) is 18.0 Å². The van der Waals surface area contributed by atoms with Gasteiger partial charge in [-0.2, -0.15) is 5.10 Å². The van der Waals surface area contributed by atoms with Gasteiger partial charge in [0.15, 0.2) is 6.04 Å². The highest BCUT2D eigenvalue weighted by molar-refractivity contribution is 5.88. The fourth-order valence-corrected chi connectivity index (χ4v) is 2.29. The van der Waals surface area contributed by atoms with E-state index in [0.717, 1.165) is 13.0 Å². The lowest BCUT2D eigenvalue weighted by atomic mass is 10.0. The second kappa shape index (κ2) is 5.40. The van der Waals surface area contributed by atoms with Crippen LogP contribution in [0.3, 0.4) is 0 Å². The number of aryl methyl sites for hydroxylation is 1. The first-order chi connectivity index (χ1) is 8.99. The molecule has 0 aromatic carbocycles. The lowest BCUT2D eigenvalue weighted by Crippen LogP contribution is -2.46. The number of amides is 1. The third-order valence-corrected chi connectivity index (χ3v) is 3.41. The Balaban J connectivity index is 2.09. The lowest BCUT2D eigenvalue weighted by molar-refractivity contribution is -0.142. The number of aromatic nitrogens is 2. The Kier molecular flexibility index (Phi) is 3.84. The molecule has 0 bridgehead atoms. The Morgan fingerprint density at radius 1 is 1.63 bits per heavy atom. The van der Waals surface area contributed by atoms with Crippen LogP contribution in [0.1, 0.15) is 24.9 Å². The number of hydrogen-bond donors (Lipinski definition) is 3. The maximum Gasteiger partial charge on any atom is 0.331 e. The summed E-state index contributed by atoms with van der Waals surface area (Å²) in [4.78, 5) is 23.4. The standard InChI is InChI=1S/C12H18N4O3/c1-7-3-4-13-9(7)11(17)15-10(12(18)19)8-5-14-16(2)6-8/h5-7,9-10,13H,3-4H2,1-2H3,(H,15,17)(H,18,19). The van der Waals surface area contributed by atoms with Gasteiger partial charge in [-0.05, 0) is 18.9 Å². The second-order valence-electron chi connectivity index (χ2n) is 4.92. The van der Waals surface area contributed by atoms with E-state index in [4.69, 9.17) is 0 Å². The van der Waals surface area contributed by atoms with Crippen molar-refractivity contribution in [2.45, 2.75) is 25.4 Å². The van der Waals surface area contributed by atoms with Gasteiger partial charge in [-0.1, -0.05) is 6.92 Å². The Bertz CT molecular complexity index is 485. The van der Waals surface area contributed by atoms with Gasteiger partial charge in [-0.3, -0.25) is 9.48 Å². The minimum absolute atomic E-state index is 0.211. The van der Waals surface area contributed by atoms with E-state index in [0.29, 0.717) is 5.56 Å². The van der Waals surface area contributed by atoms with Crippen LogP contribution in [0, 0.1) is 5.92 Å². The molecule has 3 unspecified atom stereocenters. The third kappa shape index (κ3) is 2.93. The van der Waals surface area contributed by atoms with Crippen molar-refractivity contribution in [3.8, 4) is 0 Å². The molecule has 0 spiro atoms. The molecular weight excluding hydrogens is 248 g/mol. The number of carboxylic acids is 1. The molecular formula is C12H18N4O3. The minimum Gasteiger partial charge on any atom is -0.479 e. The Hall–Kier alpha value is -1.89. The van der Waals surface area contributed by atoms with Gasteiger partial charge in [0.2, 0.25) is 5.91 Å². The normalized spacial score (nSPS) is 24.1. The van der Waals surface area contributed by atoms with Crippen LogP contribution in [-0.2, 0) is 16.6 Å². The van der Waals surface area contributed by atoms with E-state index < -0.39 is 12.0 Å². The zero-order valence-corrected chi connectivity index (χ0v) is 11.0. The van der Waals surface area contributed by atoms with Crippen LogP contribution in [0.25, 0.3) is 0 Å². The van der Waals surface area contributed by atoms with E-state index >= 15 is 0 Å². The van der Waals surface area contributed by atoms with Crippen LogP contribution in [0.15, 0.2) is 12.4 Å². The third-order valence-electron chi connectivity index (χ3n) is 3.41. The molecule has 7 nitrogen and oxygen atoms in total. The van der Waals surface area contributed by atoms with Crippen molar-refractivity contribution in [2.75, 3.05) is 6.54 Å². The number of hydrogen-bond acceptors (Lipinski definition) is 4. The molecule has 0 aliphatic carbocycles. The molecule has 19 heavy (non-hydrogen) atoms. The van der Waals surface area contributed by atoms with Gasteiger partial charge in [0.1, 0.15) is 0 Å². The molecule has 3 N–H and O–H groups in total. The molecule has 104 valence electrons. The van der Waals surface area contributed by atoms with Crippen molar-refractivity contribution < 1.29 is 14.7 Å². The summed E-state index contributed by atoms with van der Waals surface area (Å²) in [5, 5.41) is 18.8. The molecule has 3 atom stereocenters. The summed E-state index contributed by atoms with van der Waals surface area (Å²) in [6, 6.07) is -1.38. The average molecular weight is 266 g/mol. The molecule has 0 saturated carbocycles. The van der Waals surface area contributed by atoms with E-state index in [1.54, 1.807) is 13.2 Å². The molecule has 2 rings (SSSR count). The van der Waals surface area contributed by atoms with Crippen LogP contribution in [0.5, 0.6) is 0 Å². The Labute approximate surface area is 111 Å². The molecule has 7 heteroatoms. The highest BCUT2D eigenvalue weighted by Gasteiger charge is 2.32. The first-order valence-corrected chi connectivity index (χ1v) is 6.24. The molecule has 0 radical (unpaired) electrons. The number of nitrogens with zero attached hydrogens (tertiary/aromatic N) is 2. The van der Waals surface area contributed by atoms with Crippen LogP contribution >= 0.6 is 0 Å². The van der Waals surface area contributed by atoms with E-state index in [2.05, 4.69) is 15.7 Å². The van der Waals surface area contributed by atoms with E-state index in [-0.39, 0.29) is 17.9 Å². The number of nitrogens with one attached hydrogen (secondary N) is 2. The fraction of sp³-hybridized carbons (Fsp3) is 0.583. The van der Waals surface area contributed by atoms with Crippen LogP contribution in [0.2, 0.25) is 0 Å². The number of carboxylic acid groups (broad SMARTS) is 1. The maximum atomic E-state index is 12.1. The van der Waals surface area contributed by atoms with Crippen molar-refractivity contribution in [3.63, 3.8) is 0 Å². The van der Waals surface area contributed by atoms with Crippen LogP contribution < -0.4 is 10.6 Å². The first kappa shape index (κ1) is 13.5. The summed E-state index contributed by atoms with van der Waals surface area (Å²) in [7, 11) is 1.70. The quantitative estimate of drug-likeness (QED) is 0.693.